The molecule has 0 aliphatic rings. The minimum atomic E-state index is -0.387. The van der Waals surface area contributed by atoms with E-state index in [0.717, 1.165) is 11.3 Å². The SMILES string of the molecule is CCc1ccc([C@H](NCC(=O)Nc2ccccc2SCC(N)=O)C(C)C)cc1. The second kappa shape index (κ2) is 10.9. The van der Waals surface area contributed by atoms with Crippen LogP contribution in [0, 0.1) is 5.92 Å². The van der Waals surface area contributed by atoms with E-state index in [0.29, 0.717) is 11.6 Å². The van der Waals surface area contributed by atoms with E-state index in [1.165, 1.54) is 22.9 Å². The first kappa shape index (κ1) is 22.0. The van der Waals surface area contributed by atoms with Gasteiger partial charge in [-0.3, -0.25) is 9.59 Å². The third-order valence-corrected chi connectivity index (χ3v) is 5.52. The van der Waals surface area contributed by atoms with Gasteiger partial charge in [-0.1, -0.05) is 57.2 Å². The molecule has 0 fully saturated rings. The molecule has 0 radical (unpaired) electrons. The van der Waals surface area contributed by atoms with E-state index >= 15 is 0 Å². The molecule has 0 bridgehead atoms. The summed E-state index contributed by atoms with van der Waals surface area (Å²) >= 11 is 1.32. The Hall–Kier alpha value is -2.31. The van der Waals surface area contributed by atoms with Gasteiger partial charge >= 0.3 is 0 Å². The second-order valence-corrected chi connectivity index (χ2v) is 8.01. The highest BCUT2D eigenvalue weighted by Gasteiger charge is 2.17. The van der Waals surface area contributed by atoms with Crippen molar-refractivity contribution < 1.29 is 9.59 Å². The first-order valence-electron chi connectivity index (χ1n) is 9.53. The topological polar surface area (TPSA) is 84.2 Å². The summed E-state index contributed by atoms with van der Waals surface area (Å²) in [5.41, 5.74) is 8.38. The van der Waals surface area contributed by atoms with Crippen LogP contribution in [0.25, 0.3) is 0 Å². The predicted octanol–water partition coefficient (Wildman–Crippen LogP) is 3.75. The third-order valence-electron chi connectivity index (χ3n) is 4.43. The molecule has 5 nitrogen and oxygen atoms in total. The van der Waals surface area contributed by atoms with Gasteiger partial charge < -0.3 is 16.4 Å². The van der Waals surface area contributed by atoms with Gasteiger partial charge in [-0.05, 0) is 35.6 Å². The molecule has 6 heteroatoms. The summed E-state index contributed by atoms with van der Waals surface area (Å²) in [5.74, 6) is 0.0113. The standard InChI is InChI=1S/C22H29N3O2S/c1-4-16-9-11-17(12-10-16)22(15(2)3)24-13-21(27)25-18-7-5-6-8-19(18)28-14-20(23)26/h5-12,15,22,24H,4,13-14H2,1-3H3,(H2,23,26)(H,25,27)/t22-/m1/s1. The Morgan fingerprint density at radius 1 is 1.07 bits per heavy atom. The van der Waals surface area contributed by atoms with Crippen LogP contribution in [-0.2, 0) is 16.0 Å². The highest BCUT2D eigenvalue weighted by atomic mass is 32.2. The zero-order valence-corrected chi connectivity index (χ0v) is 17.5. The summed E-state index contributed by atoms with van der Waals surface area (Å²) in [4.78, 5) is 24.3. The molecule has 0 aliphatic carbocycles. The highest BCUT2D eigenvalue weighted by Crippen LogP contribution is 2.27. The monoisotopic (exact) mass is 399 g/mol. The number of benzene rings is 2. The second-order valence-electron chi connectivity index (χ2n) is 7.00. The Morgan fingerprint density at radius 3 is 2.36 bits per heavy atom. The summed E-state index contributed by atoms with van der Waals surface area (Å²) in [5, 5.41) is 6.29. The molecular formula is C22H29N3O2S. The number of hydrogen-bond acceptors (Lipinski definition) is 4. The molecular weight excluding hydrogens is 370 g/mol. The lowest BCUT2D eigenvalue weighted by Gasteiger charge is -2.23. The van der Waals surface area contributed by atoms with Crippen molar-refractivity contribution in [3.63, 3.8) is 0 Å². The molecule has 2 aromatic carbocycles. The van der Waals surface area contributed by atoms with E-state index in [4.69, 9.17) is 5.73 Å². The summed E-state index contributed by atoms with van der Waals surface area (Å²) < 4.78 is 0. The number of carbonyl (C=O) groups excluding carboxylic acids is 2. The first-order valence-corrected chi connectivity index (χ1v) is 10.5. The number of anilines is 1. The quantitative estimate of drug-likeness (QED) is 0.531. The maximum Gasteiger partial charge on any atom is 0.238 e. The van der Waals surface area contributed by atoms with E-state index in [1.54, 1.807) is 0 Å². The minimum Gasteiger partial charge on any atom is -0.369 e. The molecule has 4 N–H and O–H groups in total. The minimum absolute atomic E-state index is 0.0936. The largest absolute Gasteiger partial charge is 0.369 e. The molecule has 2 aromatic rings. The molecule has 2 amide bonds. The molecule has 0 spiro atoms. The van der Waals surface area contributed by atoms with Crippen molar-refractivity contribution in [1.29, 1.82) is 0 Å². The molecule has 28 heavy (non-hydrogen) atoms. The Bertz CT molecular complexity index is 791. The van der Waals surface area contributed by atoms with Crippen LogP contribution < -0.4 is 16.4 Å². The molecule has 0 heterocycles. The van der Waals surface area contributed by atoms with E-state index in [9.17, 15) is 9.59 Å². The third kappa shape index (κ3) is 6.69. The van der Waals surface area contributed by atoms with Crippen LogP contribution in [0.5, 0.6) is 0 Å². The molecule has 2 rings (SSSR count). The average molecular weight is 400 g/mol. The summed E-state index contributed by atoms with van der Waals surface area (Å²) in [7, 11) is 0. The first-order chi connectivity index (χ1) is 13.4. The molecule has 0 aliphatic heterocycles. The van der Waals surface area contributed by atoms with Crippen LogP contribution >= 0.6 is 11.8 Å². The maximum absolute atomic E-state index is 12.5. The number of aryl methyl sites for hydroxylation is 1. The van der Waals surface area contributed by atoms with Gasteiger partial charge in [-0.2, -0.15) is 0 Å². The maximum atomic E-state index is 12.5. The Balaban J connectivity index is 1.99. The lowest BCUT2D eigenvalue weighted by Crippen LogP contribution is -2.33. The highest BCUT2D eigenvalue weighted by molar-refractivity contribution is 8.00. The van der Waals surface area contributed by atoms with Crippen LogP contribution in [0.4, 0.5) is 5.69 Å². The van der Waals surface area contributed by atoms with E-state index in [-0.39, 0.29) is 30.2 Å². The number of carbonyl (C=O) groups is 2. The fraction of sp³-hybridized carbons (Fsp3) is 0.364. The van der Waals surface area contributed by atoms with Crippen LogP contribution in [-0.4, -0.2) is 24.1 Å². The van der Waals surface area contributed by atoms with Crippen molar-refractivity contribution >= 4 is 29.3 Å². The van der Waals surface area contributed by atoms with Crippen molar-refractivity contribution in [2.24, 2.45) is 11.7 Å². The summed E-state index contributed by atoms with van der Waals surface area (Å²) in [6, 6.07) is 16.0. The molecule has 0 saturated carbocycles. The Labute approximate surface area is 171 Å². The van der Waals surface area contributed by atoms with Crippen LogP contribution in [0.2, 0.25) is 0 Å². The summed E-state index contributed by atoms with van der Waals surface area (Å²) in [6.45, 7) is 6.61. The van der Waals surface area contributed by atoms with Gasteiger partial charge in [0.15, 0.2) is 0 Å². The number of primary amides is 1. The van der Waals surface area contributed by atoms with Crippen LogP contribution in [0.15, 0.2) is 53.4 Å². The normalized spacial score (nSPS) is 12.0. The van der Waals surface area contributed by atoms with Crippen LogP contribution in [0.3, 0.4) is 0 Å². The molecule has 1 atom stereocenters. The van der Waals surface area contributed by atoms with Gasteiger partial charge in [0.05, 0.1) is 18.0 Å². The number of hydrogen-bond donors (Lipinski definition) is 3. The van der Waals surface area contributed by atoms with Gasteiger partial charge in [-0.25, -0.2) is 0 Å². The van der Waals surface area contributed by atoms with Gasteiger partial charge in [0, 0.05) is 10.9 Å². The van der Waals surface area contributed by atoms with E-state index in [2.05, 4.69) is 55.7 Å². The van der Waals surface area contributed by atoms with E-state index < -0.39 is 0 Å². The molecule has 0 aromatic heterocycles. The van der Waals surface area contributed by atoms with Crippen molar-refractivity contribution in [2.45, 2.75) is 38.1 Å². The fourth-order valence-corrected chi connectivity index (χ4v) is 3.69. The fourth-order valence-electron chi connectivity index (χ4n) is 2.94. The van der Waals surface area contributed by atoms with Crippen molar-refractivity contribution in [2.75, 3.05) is 17.6 Å². The van der Waals surface area contributed by atoms with Gasteiger partial charge in [0.2, 0.25) is 11.8 Å². The Morgan fingerprint density at radius 2 is 1.75 bits per heavy atom. The molecule has 0 unspecified atom stereocenters. The number of amides is 2. The van der Waals surface area contributed by atoms with E-state index in [1.807, 2.05) is 24.3 Å². The van der Waals surface area contributed by atoms with Gasteiger partial charge in [0.1, 0.15) is 0 Å². The molecule has 0 saturated heterocycles. The van der Waals surface area contributed by atoms with Gasteiger partial charge in [-0.15, -0.1) is 11.8 Å². The lowest BCUT2D eigenvalue weighted by molar-refractivity contribution is -0.116. The summed E-state index contributed by atoms with van der Waals surface area (Å²) in [6.07, 6.45) is 1.01. The van der Waals surface area contributed by atoms with Crippen molar-refractivity contribution in [3.8, 4) is 0 Å². The number of nitrogens with one attached hydrogen (secondary N) is 2. The average Bonchev–Trinajstić information content (AvgIpc) is 2.67. The van der Waals surface area contributed by atoms with Crippen molar-refractivity contribution in [1.82, 2.24) is 5.32 Å². The van der Waals surface area contributed by atoms with Crippen LogP contribution in [0.1, 0.15) is 37.9 Å². The smallest absolute Gasteiger partial charge is 0.238 e. The number of thioether (sulfide) groups is 1. The zero-order chi connectivity index (χ0) is 20.5. The number of nitrogens with two attached hydrogens (primary N) is 1. The number of rotatable bonds is 10. The predicted molar refractivity (Wildman–Crippen MR) is 116 cm³/mol. The van der Waals surface area contributed by atoms with Crippen molar-refractivity contribution in [3.05, 3.63) is 59.7 Å². The Kier molecular flexibility index (Phi) is 8.54. The lowest BCUT2D eigenvalue weighted by atomic mass is 9.95. The number of para-hydroxylation sites is 1. The zero-order valence-electron chi connectivity index (χ0n) is 16.7. The van der Waals surface area contributed by atoms with Gasteiger partial charge in [0.25, 0.3) is 0 Å². The molecule has 150 valence electrons.